The summed E-state index contributed by atoms with van der Waals surface area (Å²) in [5, 5.41) is 3.57. The number of amides is 1. The van der Waals surface area contributed by atoms with Crippen molar-refractivity contribution >= 4 is 46.6 Å². The Bertz CT molecular complexity index is 1520. The predicted octanol–water partition coefficient (Wildman–Crippen LogP) is 5.76. The van der Waals surface area contributed by atoms with Gasteiger partial charge < -0.3 is 15.4 Å². The fraction of sp³-hybridized carbons (Fsp3) is 0.259. The van der Waals surface area contributed by atoms with E-state index < -0.39 is 23.2 Å². The number of carbonyl (C=O) groups excluding carboxylic acids is 1. The van der Waals surface area contributed by atoms with Crippen LogP contribution in [0, 0.1) is 0 Å². The summed E-state index contributed by atoms with van der Waals surface area (Å²) in [5.41, 5.74) is 4.26. The van der Waals surface area contributed by atoms with Gasteiger partial charge in [-0.15, -0.1) is 11.3 Å². The summed E-state index contributed by atoms with van der Waals surface area (Å²) in [6.07, 6.45) is -1.42. The summed E-state index contributed by atoms with van der Waals surface area (Å²) in [4.78, 5) is 30.1. The molecule has 1 saturated heterocycles. The normalized spacial score (nSPS) is 14.3. The average molecular weight is 621 g/mol. The van der Waals surface area contributed by atoms with E-state index in [-0.39, 0.29) is 17.4 Å². The van der Waals surface area contributed by atoms with Gasteiger partial charge in [-0.05, 0) is 35.9 Å². The summed E-state index contributed by atoms with van der Waals surface area (Å²) in [6, 6.07) is 10.5. The highest BCUT2D eigenvalue weighted by molar-refractivity contribution is 7.99. The van der Waals surface area contributed by atoms with Crippen LogP contribution in [0.1, 0.15) is 26.5 Å². The van der Waals surface area contributed by atoms with Crippen molar-refractivity contribution in [3.63, 3.8) is 0 Å². The van der Waals surface area contributed by atoms with Crippen LogP contribution < -0.4 is 15.4 Å². The number of piperazine rings is 1. The summed E-state index contributed by atoms with van der Waals surface area (Å²) >= 11 is 8.73. The minimum atomic E-state index is -4.76. The van der Waals surface area contributed by atoms with Gasteiger partial charge in [0.2, 0.25) is 17.7 Å². The van der Waals surface area contributed by atoms with E-state index in [0.29, 0.717) is 29.0 Å². The zero-order valence-electron chi connectivity index (χ0n) is 21.5. The maximum absolute atomic E-state index is 13.7. The first-order valence-electron chi connectivity index (χ1n) is 12.4. The third-order valence-electron chi connectivity index (χ3n) is 6.26. The Labute approximate surface area is 247 Å². The van der Waals surface area contributed by atoms with Crippen molar-refractivity contribution in [2.75, 3.05) is 31.1 Å². The quantitative estimate of drug-likeness (QED) is 0.252. The Morgan fingerprint density at radius 1 is 1.12 bits per heavy atom. The van der Waals surface area contributed by atoms with Crippen LogP contribution >= 0.6 is 34.7 Å². The summed E-state index contributed by atoms with van der Waals surface area (Å²) in [5.74, 6) is -0.471. The number of halogens is 4. The smallest absolute Gasteiger partial charge is 0.417 e. The van der Waals surface area contributed by atoms with E-state index in [1.54, 1.807) is 35.7 Å². The van der Waals surface area contributed by atoms with Crippen LogP contribution in [0.5, 0.6) is 5.88 Å². The van der Waals surface area contributed by atoms with E-state index in [0.717, 1.165) is 54.1 Å². The highest BCUT2D eigenvalue weighted by atomic mass is 35.5. The SMILES string of the molecule is NC(=O)c1ccc(Sc2cnc(N3CCN(Cc4nccs4)CC3)nc2OCc2cccc(Cl)c2)cc1C(F)(F)F. The molecule has 2 aromatic carbocycles. The number of carbonyl (C=O) groups is 1. The monoisotopic (exact) mass is 620 g/mol. The zero-order chi connectivity index (χ0) is 29.0. The van der Waals surface area contributed by atoms with Crippen molar-refractivity contribution in [2.45, 2.75) is 29.1 Å². The van der Waals surface area contributed by atoms with Crippen molar-refractivity contribution < 1.29 is 22.7 Å². The Morgan fingerprint density at radius 3 is 2.61 bits per heavy atom. The number of alkyl halides is 3. The van der Waals surface area contributed by atoms with Gasteiger partial charge in [-0.25, -0.2) is 9.97 Å². The molecule has 214 valence electrons. The zero-order valence-corrected chi connectivity index (χ0v) is 23.9. The van der Waals surface area contributed by atoms with Crippen LogP contribution in [0.3, 0.4) is 0 Å². The Morgan fingerprint density at radius 2 is 1.93 bits per heavy atom. The molecule has 0 bridgehead atoms. The first-order valence-corrected chi connectivity index (χ1v) is 14.5. The minimum Gasteiger partial charge on any atom is -0.472 e. The number of primary amides is 1. The number of hydrogen-bond acceptors (Lipinski definition) is 9. The van der Waals surface area contributed by atoms with E-state index in [1.165, 1.54) is 12.3 Å². The maximum atomic E-state index is 13.7. The molecule has 8 nitrogen and oxygen atoms in total. The molecular weight excluding hydrogens is 597 g/mol. The lowest BCUT2D eigenvalue weighted by Gasteiger charge is -2.34. The van der Waals surface area contributed by atoms with E-state index in [9.17, 15) is 18.0 Å². The van der Waals surface area contributed by atoms with Crippen molar-refractivity contribution in [2.24, 2.45) is 5.73 Å². The first-order chi connectivity index (χ1) is 19.7. The average Bonchev–Trinajstić information content (AvgIpc) is 3.45. The number of benzene rings is 2. The van der Waals surface area contributed by atoms with Gasteiger partial charge in [0.05, 0.1) is 28.8 Å². The summed E-state index contributed by atoms with van der Waals surface area (Å²) in [6.45, 7) is 3.89. The second-order valence-electron chi connectivity index (χ2n) is 9.12. The number of ether oxygens (including phenoxy) is 1. The Hall–Kier alpha value is -3.39. The first kappa shape index (κ1) is 29.1. The number of aromatic nitrogens is 3. The van der Waals surface area contributed by atoms with E-state index >= 15 is 0 Å². The van der Waals surface area contributed by atoms with Crippen LogP contribution in [0.4, 0.5) is 19.1 Å². The molecule has 2 aromatic heterocycles. The Balaban J connectivity index is 1.38. The molecule has 1 fully saturated rings. The number of hydrogen-bond donors (Lipinski definition) is 1. The van der Waals surface area contributed by atoms with Gasteiger partial charge in [0, 0.05) is 47.7 Å². The van der Waals surface area contributed by atoms with Gasteiger partial charge in [-0.1, -0.05) is 35.5 Å². The van der Waals surface area contributed by atoms with Crippen LogP contribution in [-0.4, -0.2) is 51.9 Å². The van der Waals surface area contributed by atoms with Crippen molar-refractivity contribution in [1.29, 1.82) is 0 Å². The van der Waals surface area contributed by atoms with E-state index in [1.807, 2.05) is 16.3 Å². The standard InChI is InChI=1S/C27H24ClF3N6O2S2/c28-18-3-1-2-17(12-18)16-39-25-22(41-19-4-5-20(24(32)38)21(13-19)27(29,30)31)14-34-26(35-25)37-9-7-36(8-10-37)15-23-33-6-11-40-23/h1-6,11-14H,7-10,15-16H2,(H2,32,38). The third-order valence-corrected chi connectivity index (χ3v) is 8.25. The fourth-order valence-corrected chi connectivity index (χ4v) is 5.98. The second kappa shape index (κ2) is 12.6. The van der Waals surface area contributed by atoms with Crippen LogP contribution in [-0.2, 0) is 19.3 Å². The number of thiazole rings is 1. The fourth-order valence-electron chi connectivity index (χ4n) is 4.24. The summed E-state index contributed by atoms with van der Waals surface area (Å²) in [7, 11) is 0. The molecule has 0 unspecified atom stereocenters. The van der Waals surface area contributed by atoms with Gasteiger partial charge in [-0.3, -0.25) is 9.69 Å². The number of rotatable bonds is 9. The molecule has 0 atom stereocenters. The molecule has 0 saturated carbocycles. The van der Waals surface area contributed by atoms with E-state index in [2.05, 4.69) is 19.9 Å². The third kappa shape index (κ3) is 7.47. The van der Waals surface area contributed by atoms with Crippen LogP contribution in [0.25, 0.3) is 0 Å². The summed E-state index contributed by atoms with van der Waals surface area (Å²) < 4.78 is 47.0. The predicted molar refractivity (Wildman–Crippen MR) is 152 cm³/mol. The molecule has 0 radical (unpaired) electrons. The van der Waals surface area contributed by atoms with Crippen molar-refractivity contribution in [1.82, 2.24) is 19.9 Å². The second-order valence-corrected chi connectivity index (χ2v) is 11.6. The van der Waals surface area contributed by atoms with Crippen LogP contribution in [0.15, 0.2) is 70.0 Å². The van der Waals surface area contributed by atoms with Crippen LogP contribution in [0.2, 0.25) is 5.02 Å². The molecule has 3 heterocycles. The number of nitrogens with two attached hydrogens (primary N) is 1. The highest BCUT2D eigenvalue weighted by Crippen LogP contribution is 2.39. The lowest BCUT2D eigenvalue weighted by Crippen LogP contribution is -2.46. The number of nitrogens with zero attached hydrogens (tertiary/aromatic N) is 5. The minimum absolute atomic E-state index is 0.139. The molecule has 1 aliphatic rings. The molecule has 0 spiro atoms. The van der Waals surface area contributed by atoms with Gasteiger partial charge >= 0.3 is 6.18 Å². The largest absolute Gasteiger partial charge is 0.472 e. The molecule has 1 aliphatic heterocycles. The lowest BCUT2D eigenvalue weighted by molar-refractivity contribution is -0.138. The molecule has 2 N–H and O–H groups in total. The lowest BCUT2D eigenvalue weighted by atomic mass is 10.1. The number of anilines is 1. The molecular formula is C27H24ClF3N6O2S2. The van der Waals surface area contributed by atoms with Gasteiger partial charge in [0.1, 0.15) is 11.6 Å². The van der Waals surface area contributed by atoms with Gasteiger partial charge in [0.25, 0.3) is 0 Å². The van der Waals surface area contributed by atoms with E-state index in [4.69, 9.17) is 22.1 Å². The maximum Gasteiger partial charge on any atom is 0.417 e. The van der Waals surface area contributed by atoms with Crippen molar-refractivity contribution in [3.8, 4) is 5.88 Å². The Kier molecular flexibility index (Phi) is 8.97. The topological polar surface area (TPSA) is 97.5 Å². The molecule has 14 heteroatoms. The van der Waals surface area contributed by atoms with Gasteiger partial charge in [0.15, 0.2) is 0 Å². The molecule has 41 heavy (non-hydrogen) atoms. The van der Waals surface area contributed by atoms with Crippen molar-refractivity contribution in [3.05, 3.63) is 87.0 Å². The highest BCUT2D eigenvalue weighted by Gasteiger charge is 2.35. The molecule has 0 aliphatic carbocycles. The van der Waals surface area contributed by atoms with Gasteiger partial charge in [-0.2, -0.15) is 18.2 Å². The molecule has 1 amide bonds. The molecule has 5 rings (SSSR count). The molecule has 4 aromatic rings.